The lowest BCUT2D eigenvalue weighted by Gasteiger charge is -2.25. The van der Waals surface area contributed by atoms with Gasteiger partial charge >= 0.3 is 5.69 Å². The largest absolute Gasteiger partial charge is 0.305 e. The molecule has 5 nitrogen and oxygen atoms in total. The van der Waals surface area contributed by atoms with E-state index < -0.39 is 16.4 Å². The van der Waals surface area contributed by atoms with Crippen LogP contribution in [0, 0.1) is 15.9 Å². The number of hydrogen-bond donors (Lipinski definition) is 0. The first-order valence-corrected chi connectivity index (χ1v) is 7.53. The Balaban J connectivity index is 1.74. The number of nitrogens with zero attached hydrogens (tertiary/aromatic N) is 3. The third-order valence-corrected chi connectivity index (χ3v) is 4.54. The van der Waals surface area contributed by atoms with E-state index in [-0.39, 0.29) is 0 Å². The maximum absolute atomic E-state index is 14.2. The van der Waals surface area contributed by atoms with E-state index in [1.54, 1.807) is 12.1 Å². The van der Waals surface area contributed by atoms with Crippen LogP contribution >= 0.6 is 0 Å². The van der Waals surface area contributed by atoms with Crippen molar-refractivity contribution in [2.75, 3.05) is 26.2 Å². The van der Waals surface area contributed by atoms with Gasteiger partial charge in [-0.3, -0.25) is 19.9 Å². The molecule has 2 fully saturated rings. The van der Waals surface area contributed by atoms with Crippen LogP contribution in [0.5, 0.6) is 0 Å². The highest BCUT2D eigenvalue weighted by molar-refractivity contribution is 5.36. The molecule has 1 unspecified atom stereocenters. The Kier molecular flexibility index (Phi) is 4.17. The Bertz CT molecular complexity index is 538. The van der Waals surface area contributed by atoms with E-state index in [2.05, 4.69) is 9.80 Å². The first-order valence-electron chi connectivity index (χ1n) is 7.53. The first kappa shape index (κ1) is 14.4. The van der Waals surface area contributed by atoms with Gasteiger partial charge in [0.05, 0.1) is 4.92 Å². The summed E-state index contributed by atoms with van der Waals surface area (Å²) in [6.45, 7) is 4.59. The zero-order valence-corrected chi connectivity index (χ0v) is 12.0. The Morgan fingerprint density at radius 2 is 2.10 bits per heavy atom. The second-order valence-corrected chi connectivity index (χ2v) is 5.93. The van der Waals surface area contributed by atoms with E-state index in [1.807, 2.05) is 0 Å². The van der Waals surface area contributed by atoms with Crippen molar-refractivity contribution in [2.24, 2.45) is 0 Å². The van der Waals surface area contributed by atoms with E-state index in [9.17, 15) is 14.5 Å². The molecule has 0 amide bonds. The van der Waals surface area contributed by atoms with Crippen molar-refractivity contribution in [2.45, 2.75) is 31.8 Å². The van der Waals surface area contributed by atoms with E-state index >= 15 is 0 Å². The zero-order chi connectivity index (χ0) is 14.8. The Labute approximate surface area is 123 Å². The van der Waals surface area contributed by atoms with Gasteiger partial charge in [-0.05, 0) is 38.9 Å². The quantitative estimate of drug-likeness (QED) is 0.634. The van der Waals surface area contributed by atoms with Crippen molar-refractivity contribution < 1.29 is 9.31 Å². The van der Waals surface area contributed by atoms with Crippen LogP contribution in [-0.2, 0) is 6.54 Å². The average molecular weight is 293 g/mol. The van der Waals surface area contributed by atoms with Gasteiger partial charge in [0.25, 0.3) is 0 Å². The van der Waals surface area contributed by atoms with Gasteiger partial charge < -0.3 is 0 Å². The Morgan fingerprint density at radius 1 is 1.29 bits per heavy atom. The maximum atomic E-state index is 14.2. The standard InChI is InChI=1S/C15H20FN3O2/c16-15-12(4-1-6-14(15)19(20)21)10-17-7-3-9-18-8-2-5-13(18)11-17/h1,4,6,13H,2-3,5,7-11H2. The molecule has 0 spiro atoms. The fourth-order valence-electron chi connectivity index (χ4n) is 3.50. The molecule has 0 radical (unpaired) electrons. The molecule has 21 heavy (non-hydrogen) atoms. The van der Waals surface area contributed by atoms with Crippen LogP contribution in [0.2, 0.25) is 0 Å². The van der Waals surface area contributed by atoms with Crippen molar-refractivity contribution in [3.63, 3.8) is 0 Å². The highest BCUT2D eigenvalue weighted by Crippen LogP contribution is 2.25. The number of fused-ring (bicyclic) bond motifs is 1. The molecule has 6 heteroatoms. The lowest BCUT2D eigenvalue weighted by atomic mass is 10.1. The number of benzene rings is 1. The van der Waals surface area contributed by atoms with E-state index in [1.165, 1.54) is 25.5 Å². The maximum Gasteiger partial charge on any atom is 0.305 e. The molecule has 1 aromatic rings. The third-order valence-electron chi connectivity index (χ3n) is 4.54. The normalized spacial score (nSPS) is 23.8. The summed E-state index contributed by atoms with van der Waals surface area (Å²) in [4.78, 5) is 14.9. The molecule has 0 bridgehead atoms. The van der Waals surface area contributed by atoms with Gasteiger partial charge in [0.1, 0.15) is 0 Å². The molecular formula is C15H20FN3O2. The topological polar surface area (TPSA) is 49.6 Å². The van der Waals surface area contributed by atoms with E-state index in [0.717, 1.165) is 26.1 Å². The molecule has 2 aliphatic rings. The number of hydrogen-bond acceptors (Lipinski definition) is 4. The minimum atomic E-state index is -0.685. The van der Waals surface area contributed by atoms with Gasteiger partial charge in [-0.15, -0.1) is 0 Å². The Morgan fingerprint density at radius 3 is 2.90 bits per heavy atom. The van der Waals surface area contributed by atoms with Gasteiger partial charge in [0, 0.05) is 30.8 Å². The van der Waals surface area contributed by atoms with Crippen molar-refractivity contribution in [1.29, 1.82) is 0 Å². The molecule has 2 aliphatic heterocycles. The van der Waals surface area contributed by atoms with Gasteiger partial charge in [-0.25, -0.2) is 0 Å². The summed E-state index contributed by atoms with van der Waals surface area (Å²) in [7, 11) is 0. The van der Waals surface area contributed by atoms with Crippen LogP contribution < -0.4 is 0 Å². The number of nitro groups is 1. The molecule has 0 aromatic heterocycles. The molecule has 1 atom stereocenters. The van der Waals surface area contributed by atoms with Gasteiger partial charge in [0.2, 0.25) is 5.82 Å². The Hall–Kier alpha value is -1.53. The minimum absolute atomic E-state index is 0.426. The third kappa shape index (κ3) is 3.06. The van der Waals surface area contributed by atoms with Gasteiger partial charge in [0.15, 0.2) is 0 Å². The smallest absolute Gasteiger partial charge is 0.299 e. The molecule has 0 aliphatic carbocycles. The van der Waals surface area contributed by atoms with Crippen LogP contribution in [0.1, 0.15) is 24.8 Å². The van der Waals surface area contributed by atoms with E-state index in [0.29, 0.717) is 18.2 Å². The predicted molar refractivity (Wildman–Crippen MR) is 77.5 cm³/mol. The van der Waals surface area contributed by atoms with Crippen molar-refractivity contribution in [1.82, 2.24) is 9.80 Å². The molecule has 2 saturated heterocycles. The summed E-state index contributed by atoms with van der Waals surface area (Å²) >= 11 is 0. The number of halogens is 1. The lowest BCUT2D eigenvalue weighted by Crippen LogP contribution is -2.36. The second kappa shape index (κ2) is 6.07. The average Bonchev–Trinajstić information content (AvgIpc) is 2.79. The highest BCUT2D eigenvalue weighted by atomic mass is 19.1. The van der Waals surface area contributed by atoms with Crippen LogP contribution in [0.15, 0.2) is 18.2 Å². The number of nitro benzene ring substituents is 1. The summed E-state index contributed by atoms with van der Waals surface area (Å²) in [5.41, 5.74) is 0.000428. The fraction of sp³-hybridized carbons (Fsp3) is 0.600. The molecular weight excluding hydrogens is 273 g/mol. The first-order chi connectivity index (χ1) is 10.1. The molecule has 3 rings (SSSR count). The fourth-order valence-corrected chi connectivity index (χ4v) is 3.50. The summed E-state index contributed by atoms with van der Waals surface area (Å²) in [6.07, 6.45) is 3.52. The SMILES string of the molecule is O=[N+]([O-])c1cccc(CN2CCCN3CCCC3C2)c1F. The summed E-state index contributed by atoms with van der Waals surface area (Å²) in [5.74, 6) is -0.685. The monoisotopic (exact) mass is 293 g/mol. The van der Waals surface area contributed by atoms with Gasteiger partial charge in [-0.1, -0.05) is 12.1 Å². The van der Waals surface area contributed by atoms with E-state index in [4.69, 9.17) is 0 Å². The molecule has 1 aromatic carbocycles. The van der Waals surface area contributed by atoms with Gasteiger partial charge in [-0.2, -0.15) is 4.39 Å². The molecule has 0 saturated carbocycles. The van der Waals surface area contributed by atoms with Crippen LogP contribution in [-0.4, -0.2) is 46.9 Å². The van der Waals surface area contributed by atoms with Crippen LogP contribution in [0.25, 0.3) is 0 Å². The molecule has 114 valence electrons. The van der Waals surface area contributed by atoms with Crippen LogP contribution in [0.3, 0.4) is 0 Å². The number of rotatable bonds is 3. The highest BCUT2D eigenvalue weighted by Gasteiger charge is 2.29. The summed E-state index contributed by atoms with van der Waals surface area (Å²) in [6, 6.07) is 5.00. The molecule has 0 N–H and O–H groups in total. The summed E-state index contributed by atoms with van der Waals surface area (Å²) in [5, 5.41) is 10.8. The predicted octanol–water partition coefficient (Wildman–Crippen LogP) is 2.40. The van der Waals surface area contributed by atoms with Crippen molar-refractivity contribution in [3.8, 4) is 0 Å². The van der Waals surface area contributed by atoms with Crippen molar-refractivity contribution >= 4 is 5.69 Å². The zero-order valence-electron chi connectivity index (χ0n) is 12.0. The second-order valence-electron chi connectivity index (χ2n) is 5.93. The lowest BCUT2D eigenvalue weighted by molar-refractivity contribution is -0.387. The summed E-state index contributed by atoms with van der Waals surface area (Å²) < 4.78 is 14.2. The van der Waals surface area contributed by atoms with Crippen molar-refractivity contribution in [3.05, 3.63) is 39.7 Å². The molecule has 2 heterocycles. The minimum Gasteiger partial charge on any atom is -0.299 e. The van der Waals surface area contributed by atoms with Crippen LogP contribution in [0.4, 0.5) is 10.1 Å².